The fraction of sp³-hybridized carbons (Fsp3) is 0.765. The Bertz CT molecular complexity index is 386. The Balaban J connectivity index is 2.74. The smallest absolute Gasteiger partial charge is 0.0462 e. The lowest BCUT2D eigenvalue weighted by Crippen LogP contribution is -2.21. The van der Waals surface area contributed by atoms with Gasteiger partial charge in [0.2, 0.25) is 0 Å². The van der Waals surface area contributed by atoms with E-state index in [0.717, 1.165) is 0 Å². The van der Waals surface area contributed by atoms with Gasteiger partial charge in [0.1, 0.15) is 0 Å². The van der Waals surface area contributed by atoms with Crippen LogP contribution in [0.1, 0.15) is 83.4 Å². The Hall–Kier alpha value is 0.660. The summed E-state index contributed by atoms with van der Waals surface area (Å²) in [5.41, 5.74) is 0.346. The molecule has 3 heteroatoms. The van der Waals surface area contributed by atoms with Gasteiger partial charge >= 0.3 is 0 Å². The molecular weight excluding hydrogens is 396 g/mol. The molecule has 0 aliphatic carbocycles. The number of hydrogen-bond donors (Lipinski definition) is 0. The zero-order valence-electron chi connectivity index (χ0n) is 13.1. The Kier molecular flexibility index (Phi) is 9.01. The maximum absolute atomic E-state index is 3.78. The summed E-state index contributed by atoms with van der Waals surface area (Å²) in [6, 6.07) is 0. The third-order valence-corrected chi connectivity index (χ3v) is 7.98. The van der Waals surface area contributed by atoms with Crippen LogP contribution in [0.4, 0.5) is 0 Å². The summed E-state index contributed by atoms with van der Waals surface area (Å²) in [4.78, 5) is 1.54. The van der Waals surface area contributed by atoms with Crippen LogP contribution in [0.25, 0.3) is 0 Å². The predicted octanol–water partition coefficient (Wildman–Crippen LogP) is 8.08. The first-order valence-corrected chi connectivity index (χ1v) is 10.4. The minimum absolute atomic E-state index is 0.346. The van der Waals surface area contributed by atoms with E-state index in [1.807, 2.05) is 11.3 Å². The van der Waals surface area contributed by atoms with Crippen molar-refractivity contribution < 1.29 is 0 Å². The number of unbranched alkanes of at least 4 members (excludes halogenated alkanes) is 5. The molecule has 0 aliphatic rings. The van der Waals surface area contributed by atoms with Crippen LogP contribution in [0.15, 0.2) is 14.3 Å². The third-order valence-electron chi connectivity index (χ3n) is 4.15. The molecule has 0 saturated heterocycles. The van der Waals surface area contributed by atoms with Crippen molar-refractivity contribution in [1.29, 1.82) is 0 Å². The normalized spacial score (nSPS) is 14.4. The molecule has 0 aliphatic heterocycles. The lowest BCUT2D eigenvalue weighted by atomic mass is 9.78. The number of halogens is 2. The highest BCUT2D eigenvalue weighted by Crippen LogP contribution is 2.45. The number of thiophene rings is 1. The van der Waals surface area contributed by atoms with Gasteiger partial charge in [0.15, 0.2) is 0 Å². The fourth-order valence-corrected chi connectivity index (χ4v) is 5.47. The molecule has 0 bridgehead atoms. The molecule has 0 saturated carbocycles. The van der Waals surface area contributed by atoms with Crippen LogP contribution in [-0.4, -0.2) is 0 Å². The summed E-state index contributed by atoms with van der Waals surface area (Å²) in [6.07, 6.45) is 12.1. The van der Waals surface area contributed by atoms with Crippen LogP contribution in [-0.2, 0) is 5.41 Å². The highest BCUT2D eigenvalue weighted by molar-refractivity contribution is 9.13. The van der Waals surface area contributed by atoms with E-state index in [4.69, 9.17) is 0 Å². The fourth-order valence-electron chi connectivity index (χ4n) is 2.79. The molecule has 1 atom stereocenters. The van der Waals surface area contributed by atoms with Crippen LogP contribution in [0.5, 0.6) is 0 Å². The van der Waals surface area contributed by atoms with Crippen molar-refractivity contribution in [1.82, 2.24) is 0 Å². The average Bonchev–Trinajstić information content (AvgIpc) is 2.76. The molecule has 0 amide bonds. The van der Waals surface area contributed by atoms with Gasteiger partial charge in [-0.1, -0.05) is 65.7 Å². The van der Waals surface area contributed by atoms with Crippen molar-refractivity contribution in [3.63, 3.8) is 0 Å². The summed E-state index contributed by atoms with van der Waals surface area (Å²) >= 11 is 9.34. The SMILES string of the molecule is CCCCCCC(C)(CCCCC)c1scc(Br)c1Br. The van der Waals surface area contributed by atoms with E-state index in [0.29, 0.717) is 5.41 Å². The van der Waals surface area contributed by atoms with Crippen molar-refractivity contribution >= 4 is 43.2 Å². The van der Waals surface area contributed by atoms with E-state index >= 15 is 0 Å². The van der Waals surface area contributed by atoms with Crippen molar-refractivity contribution in [3.8, 4) is 0 Å². The average molecular weight is 424 g/mol. The molecule has 1 rings (SSSR count). The molecule has 1 unspecified atom stereocenters. The topological polar surface area (TPSA) is 0 Å². The van der Waals surface area contributed by atoms with Crippen molar-refractivity contribution in [2.45, 2.75) is 84.0 Å². The second kappa shape index (κ2) is 9.63. The van der Waals surface area contributed by atoms with Gasteiger partial charge in [0, 0.05) is 24.6 Å². The largest absolute Gasteiger partial charge is 0.146 e. The molecule has 1 aromatic heterocycles. The van der Waals surface area contributed by atoms with E-state index in [-0.39, 0.29) is 0 Å². The van der Waals surface area contributed by atoms with Crippen LogP contribution < -0.4 is 0 Å². The van der Waals surface area contributed by atoms with Gasteiger partial charge in [-0.2, -0.15) is 0 Å². The molecule has 0 radical (unpaired) electrons. The van der Waals surface area contributed by atoms with Gasteiger partial charge in [-0.3, -0.25) is 0 Å². The van der Waals surface area contributed by atoms with Crippen molar-refractivity contribution in [2.75, 3.05) is 0 Å². The zero-order chi connectivity index (χ0) is 15.0. The molecule has 1 aromatic rings. The van der Waals surface area contributed by atoms with Crippen molar-refractivity contribution in [3.05, 3.63) is 19.2 Å². The Morgan fingerprint density at radius 2 is 1.50 bits per heavy atom. The summed E-state index contributed by atoms with van der Waals surface area (Å²) in [5, 5.41) is 2.23. The molecule has 0 nitrogen and oxygen atoms in total. The minimum atomic E-state index is 0.346. The Morgan fingerprint density at radius 1 is 0.950 bits per heavy atom. The first kappa shape index (κ1) is 18.7. The van der Waals surface area contributed by atoms with Crippen LogP contribution in [0, 0.1) is 0 Å². The third kappa shape index (κ3) is 5.46. The highest BCUT2D eigenvalue weighted by atomic mass is 79.9. The second-order valence-electron chi connectivity index (χ2n) is 6.06. The van der Waals surface area contributed by atoms with Gasteiger partial charge in [-0.05, 0) is 44.7 Å². The molecule has 0 aromatic carbocycles. The van der Waals surface area contributed by atoms with Crippen molar-refractivity contribution in [2.24, 2.45) is 0 Å². The lowest BCUT2D eigenvalue weighted by molar-refractivity contribution is 0.371. The quantitative estimate of drug-likeness (QED) is 0.333. The van der Waals surface area contributed by atoms with Crippen LogP contribution in [0.3, 0.4) is 0 Å². The molecule has 20 heavy (non-hydrogen) atoms. The van der Waals surface area contributed by atoms with Gasteiger partial charge in [0.25, 0.3) is 0 Å². The summed E-state index contributed by atoms with van der Waals surface area (Å²) in [7, 11) is 0. The van der Waals surface area contributed by atoms with E-state index in [2.05, 4.69) is 58.0 Å². The van der Waals surface area contributed by atoms with E-state index < -0.39 is 0 Å². The highest BCUT2D eigenvalue weighted by Gasteiger charge is 2.30. The Labute approximate surface area is 146 Å². The van der Waals surface area contributed by atoms with E-state index in [1.54, 1.807) is 0 Å². The van der Waals surface area contributed by atoms with E-state index in [9.17, 15) is 0 Å². The lowest BCUT2D eigenvalue weighted by Gasteiger charge is -2.29. The number of hydrogen-bond acceptors (Lipinski definition) is 1. The standard InChI is InChI=1S/C17H28Br2S/c1-4-6-8-10-12-17(3,11-9-7-5-2)16-15(19)14(18)13-20-16/h13H,4-12H2,1-3H3. The summed E-state index contributed by atoms with van der Waals surface area (Å²) in [6.45, 7) is 7.04. The van der Waals surface area contributed by atoms with E-state index in [1.165, 1.54) is 71.6 Å². The predicted molar refractivity (Wildman–Crippen MR) is 100.0 cm³/mol. The first-order valence-electron chi connectivity index (χ1n) is 7.98. The maximum atomic E-state index is 3.78. The Morgan fingerprint density at radius 3 is 2.00 bits per heavy atom. The molecule has 0 spiro atoms. The molecular formula is C17H28Br2S. The van der Waals surface area contributed by atoms with Gasteiger partial charge < -0.3 is 0 Å². The van der Waals surface area contributed by atoms with Gasteiger partial charge in [-0.15, -0.1) is 11.3 Å². The second-order valence-corrected chi connectivity index (χ2v) is 8.58. The first-order chi connectivity index (χ1) is 9.55. The molecule has 0 fully saturated rings. The monoisotopic (exact) mass is 422 g/mol. The number of rotatable bonds is 10. The van der Waals surface area contributed by atoms with Gasteiger partial charge in [0.05, 0.1) is 0 Å². The molecule has 1 heterocycles. The van der Waals surface area contributed by atoms with Crippen LogP contribution >= 0.6 is 43.2 Å². The van der Waals surface area contributed by atoms with Crippen LogP contribution in [0.2, 0.25) is 0 Å². The maximum Gasteiger partial charge on any atom is 0.0462 e. The molecule has 116 valence electrons. The summed E-state index contributed by atoms with van der Waals surface area (Å²) < 4.78 is 2.50. The minimum Gasteiger partial charge on any atom is -0.146 e. The molecule has 0 N–H and O–H groups in total. The van der Waals surface area contributed by atoms with Gasteiger partial charge in [-0.25, -0.2) is 0 Å². The zero-order valence-corrected chi connectivity index (χ0v) is 17.1. The summed E-state index contributed by atoms with van der Waals surface area (Å²) in [5.74, 6) is 0.